The number of hydrogen-bond acceptors (Lipinski definition) is 7. The predicted octanol–water partition coefficient (Wildman–Crippen LogP) is 5.12. The van der Waals surface area contributed by atoms with Crippen LogP contribution in [0.15, 0.2) is 42.7 Å². The molecule has 1 amide bonds. The molecule has 0 saturated carbocycles. The van der Waals surface area contributed by atoms with Crippen molar-refractivity contribution in [1.82, 2.24) is 25.2 Å². The lowest BCUT2D eigenvalue weighted by atomic mass is 10.1. The van der Waals surface area contributed by atoms with Gasteiger partial charge in [-0.05, 0) is 56.5 Å². The Bertz CT molecular complexity index is 1530. The van der Waals surface area contributed by atoms with Crippen LogP contribution < -0.4 is 20.3 Å². The van der Waals surface area contributed by atoms with Gasteiger partial charge in [0.1, 0.15) is 11.9 Å². The molecule has 40 heavy (non-hydrogen) atoms. The maximum Gasteiger partial charge on any atom is 0.263 e. The van der Waals surface area contributed by atoms with Gasteiger partial charge in [0.2, 0.25) is 5.88 Å². The topological polar surface area (TPSA) is 98.4 Å². The summed E-state index contributed by atoms with van der Waals surface area (Å²) in [5, 5.41) is 6.64. The van der Waals surface area contributed by atoms with Gasteiger partial charge in [-0.1, -0.05) is 0 Å². The number of anilines is 3. The molecule has 0 unspecified atom stereocenters. The van der Waals surface area contributed by atoms with Gasteiger partial charge in [-0.3, -0.25) is 4.79 Å². The summed E-state index contributed by atoms with van der Waals surface area (Å²) in [5.41, 5.74) is 2.57. The summed E-state index contributed by atoms with van der Waals surface area (Å²) in [6, 6.07) is 10.4. The van der Waals surface area contributed by atoms with E-state index in [2.05, 4.69) is 30.5 Å². The van der Waals surface area contributed by atoms with Gasteiger partial charge in [0.05, 0.1) is 5.52 Å². The van der Waals surface area contributed by atoms with Crippen LogP contribution in [0.4, 0.5) is 26.0 Å². The van der Waals surface area contributed by atoms with Gasteiger partial charge in [0, 0.05) is 67.8 Å². The van der Waals surface area contributed by atoms with Crippen LogP contribution in [0.2, 0.25) is 0 Å². The number of piperazine rings is 1. The van der Waals surface area contributed by atoms with Crippen molar-refractivity contribution in [2.24, 2.45) is 0 Å². The lowest BCUT2D eigenvalue weighted by molar-refractivity contribution is 0.0721. The van der Waals surface area contributed by atoms with Crippen molar-refractivity contribution in [3.05, 3.63) is 65.6 Å². The third-order valence-electron chi connectivity index (χ3n) is 7.39. The molecule has 2 aliphatic heterocycles. The molecule has 3 N–H and O–H groups in total. The molecule has 0 spiro atoms. The molecule has 4 aromatic rings. The SMILES string of the molecule is Cc1cc2c(F)c(Oc3ncnc(Nc4ccc(N5CCNCC5)cc4)c3C(=O)N3CCCCC3)cc(F)c2[nH]1. The number of aryl methyl sites for hydroxylation is 1. The number of likely N-dealkylation sites (tertiary alicyclic amines) is 1. The van der Waals surface area contributed by atoms with Crippen LogP contribution in [0, 0.1) is 18.6 Å². The van der Waals surface area contributed by atoms with E-state index in [1.165, 1.54) is 12.4 Å². The summed E-state index contributed by atoms with van der Waals surface area (Å²) in [5.74, 6) is -2.00. The number of nitrogens with one attached hydrogen (secondary N) is 3. The first-order valence-corrected chi connectivity index (χ1v) is 13.6. The van der Waals surface area contributed by atoms with Crippen molar-refractivity contribution in [3.63, 3.8) is 0 Å². The van der Waals surface area contributed by atoms with Gasteiger partial charge in [0.15, 0.2) is 23.2 Å². The number of ether oxygens (including phenoxy) is 1. The van der Waals surface area contributed by atoms with E-state index in [-0.39, 0.29) is 39.8 Å². The van der Waals surface area contributed by atoms with Crippen LogP contribution in [-0.2, 0) is 0 Å². The molecule has 2 aromatic heterocycles. The highest BCUT2D eigenvalue weighted by atomic mass is 19.1. The third-order valence-corrected chi connectivity index (χ3v) is 7.39. The highest BCUT2D eigenvalue weighted by Crippen LogP contribution is 2.35. The Morgan fingerprint density at radius 1 is 1.00 bits per heavy atom. The average molecular weight is 548 g/mol. The molecule has 9 nitrogen and oxygen atoms in total. The Balaban J connectivity index is 1.35. The number of benzene rings is 2. The molecule has 2 aromatic carbocycles. The summed E-state index contributed by atoms with van der Waals surface area (Å²) in [7, 11) is 0. The van der Waals surface area contributed by atoms with E-state index in [0.717, 1.165) is 62.9 Å². The number of carbonyl (C=O) groups is 1. The maximum atomic E-state index is 15.4. The Labute approximate surface area is 230 Å². The highest BCUT2D eigenvalue weighted by Gasteiger charge is 2.28. The number of halogens is 2. The molecule has 208 valence electrons. The minimum atomic E-state index is -0.742. The quantitative estimate of drug-likeness (QED) is 0.308. The van der Waals surface area contributed by atoms with Crippen LogP contribution in [-0.4, -0.2) is 65.0 Å². The number of nitrogens with zero attached hydrogens (tertiary/aromatic N) is 4. The lowest BCUT2D eigenvalue weighted by Gasteiger charge is -2.29. The highest BCUT2D eigenvalue weighted by molar-refractivity contribution is 6.01. The lowest BCUT2D eigenvalue weighted by Crippen LogP contribution is -2.43. The van der Waals surface area contributed by atoms with Crippen molar-refractivity contribution in [1.29, 1.82) is 0 Å². The predicted molar refractivity (Wildman–Crippen MR) is 150 cm³/mol. The smallest absolute Gasteiger partial charge is 0.263 e. The number of hydrogen-bond donors (Lipinski definition) is 3. The normalized spacial score (nSPS) is 15.9. The molecule has 0 bridgehead atoms. The molecule has 0 radical (unpaired) electrons. The minimum absolute atomic E-state index is 0.0567. The van der Waals surface area contributed by atoms with Gasteiger partial charge in [-0.2, -0.15) is 0 Å². The number of rotatable bonds is 6. The van der Waals surface area contributed by atoms with Crippen molar-refractivity contribution in [2.75, 3.05) is 49.5 Å². The van der Waals surface area contributed by atoms with E-state index in [1.54, 1.807) is 11.8 Å². The molecule has 2 aliphatic rings. The summed E-state index contributed by atoms with van der Waals surface area (Å²) < 4.78 is 36.1. The molecule has 6 rings (SSSR count). The number of aromatic amines is 1. The zero-order valence-corrected chi connectivity index (χ0v) is 22.3. The Morgan fingerprint density at radius 3 is 2.50 bits per heavy atom. The fourth-order valence-electron chi connectivity index (χ4n) is 5.32. The second-order valence-corrected chi connectivity index (χ2v) is 10.2. The van der Waals surface area contributed by atoms with E-state index in [1.807, 2.05) is 24.3 Å². The monoisotopic (exact) mass is 547 g/mol. The number of amides is 1. The average Bonchev–Trinajstić information content (AvgIpc) is 3.39. The first-order valence-electron chi connectivity index (χ1n) is 13.6. The van der Waals surface area contributed by atoms with E-state index >= 15 is 4.39 Å². The first-order chi connectivity index (χ1) is 19.5. The van der Waals surface area contributed by atoms with E-state index in [9.17, 15) is 9.18 Å². The van der Waals surface area contributed by atoms with Crippen molar-refractivity contribution >= 4 is 34.0 Å². The molecule has 2 fully saturated rings. The zero-order chi connectivity index (χ0) is 27.6. The minimum Gasteiger partial charge on any atom is -0.435 e. The summed E-state index contributed by atoms with van der Waals surface area (Å²) in [6.45, 7) is 6.62. The van der Waals surface area contributed by atoms with Crippen LogP contribution in [0.3, 0.4) is 0 Å². The second-order valence-electron chi connectivity index (χ2n) is 10.2. The third kappa shape index (κ3) is 5.16. The van der Waals surface area contributed by atoms with Gasteiger partial charge >= 0.3 is 0 Å². The van der Waals surface area contributed by atoms with Crippen LogP contribution in [0.1, 0.15) is 35.3 Å². The molecule has 4 heterocycles. The van der Waals surface area contributed by atoms with E-state index < -0.39 is 11.6 Å². The van der Waals surface area contributed by atoms with Crippen LogP contribution in [0.25, 0.3) is 10.9 Å². The summed E-state index contributed by atoms with van der Waals surface area (Å²) in [6.07, 6.45) is 4.06. The Kier molecular flexibility index (Phi) is 7.21. The zero-order valence-electron chi connectivity index (χ0n) is 22.3. The van der Waals surface area contributed by atoms with Crippen LogP contribution in [0.5, 0.6) is 11.6 Å². The largest absolute Gasteiger partial charge is 0.435 e. The molecule has 0 aliphatic carbocycles. The van der Waals surface area contributed by atoms with Crippen molar-refractivity contribution < 1.29 is 18.3 Å². The van der Waals surface area contributed by atoms with Gasteiger partial charge in [-0.15, -0.1) is 0 Å². The summed E-state index contributed by atoms with van der Waals surface area (Å²) >= 11 is 0. The molecule has 11 heteroatoms. The van der Waals surface area contributed by atoms with Crippen molar-refractivity contribution in [3.8, 4) is 11.6 Å². The Hall–Kier alpha value is -4.25. The second kappa shape index (κ2) is 11.1. The van der Waals surface area contributed by atoms with Crippen LogP contribution >= 0.6 is 0 Å². The first kappa shape index (κ1) is 26.0. The maximum absolute atomic E-state index is 15.4. The fraction of sp³-hybridized carbons (Fsp3) is 0.345. The fourth-order valence-corrected chi connectivity index (χ4v) is 5.32. The van der Waals surface area contributed by atoms with Gasteiger partial charge in [-0.25, -0.2) is 18.7 Å². The van der Waals surface area contributed by atoms with Gasteiger partial charge in [0.25, 0.3) is 5.91 Å². The number of carbonyl (C=O) groups excluding carboxylic acids is 1. The number of aromatic nitrogens is 3. The molecule has 2 saturated heterocycles. The van der Waals surface area contributed by atoms with Crippen molar-refractivity contribution in [2.45, 2.75) is 26.2 Å². The standard InChI is InChI=1S/C29H31F2N7O2/c1-18-15-21-25(31)23(16-22(30)26(21)35-18)40-28-24(29(39)38-11-3-2-4-12-38)27(33-17-34-28)36-19-5-7-20(8-6-19)37-13-9-32-10-14-37/h5-8,15-17,32,35H,2-4,9-14H2,1H3,(H,33,34,36). The van der Waals surface area contributed by atoms with Gasteiger partial charge < -0.3 is 30.2 Å². The molecular weight excluding hydrogens is 516 g/mol. The van der Waals surface area contributed by atoms with E-state index in [4.69, 9.17) is 4.74 Å². The molecule has 0 atom stereocenters. The molecular formula is C29H31F2N7O2. The number of piperidine rings is 1. The number of fused-ring (bicyclic) bond motifs is 1. The summed E-state index contributed by atoms with van der Waals surface area (Å²) in [4.78, 5) is 29.2. The van der Waals surface area contributed by atoms with E-state index in [0.29, 0.717) is 18.8 Å². The number of H-pyrrole nitrogens is 1. The Morgan fingerprint density at radius 2 is 1.75 bits per heavy atom.